The normalized spacial score (nSPS) is 16.6. The first-order valence-corrected chi connectivity index (χ1v) is 4.96. The Balaban J connectivity index is 6.50. The monoisotopic (exact) mass is 419 g/mol. The number of hydrogen-bond acceptors (Lipinski definition) is 0. The lowest BCUT2D eigenvalue weighted by atomic mass is 9.91. The molecule has 0 aliphatic carbocycles. The van der Waals surface area contributed by atoms with Gasteiger partial charge in [-0.05, 0) is 0 Å². The summed E-state index contributed by atoms with van der Waals surface area (Å²) in [4.78, 5) is 0. The molecule has 0 atom stereocenters. The quantitative estimate of drug-likeness (QED) is 0.479. The Morgan fingerprint density at radius 1 is 0.360 bits per heavy atom. The van der Waals surface area contributed by atoms with Crippen LogP contribution < -0.4 is 0 Å². The maximum atomic E-state index is 12.7. The maximum absolute atomic E-state index is 12.7. The minimum Gasteiger partial charge on any atom is -0.192 e. The van der Waals surface area contributed by atoms with E-state index >= 15 is 0 Å². The first-order valence-electron chi connectivity index (χ1n) is 4.96. The Bertz CT molecular complexity index is 481. The van der Waals surface area contributed by atoms with Gasteiger partial charge in [0.05, 0.1) is 0 Å². The van der Waals surface area contributed by atoms with E-state index in [-0.39, 0.29) is 0 Å². The summed E-state index contributed by atoms with van der Waals surface area (Å²) in [5.74, 6) is -49.4. The zero-order chi connectivity index (χ0) is 21.1. The van der Waals surface area contributed by atoms with Crippen LogP contribution in [0, 0.1) is 6.43 Å². The first kappa shape index (κ1) is 23.8. The van der Waals surface area contributed by atoms with Crippen molar-refractivity contribution >= 4 is 0 Å². The fourth-order valence-electron chi connectivity index (χ4n) is 1.09. The molecular formula is C8F17. The molecular weight excluding hydrogens is 419 g/mol. The second kappa shape index (κ2) is 5.65. The molecule has 17 heteroatoms. The van der Waals surface area contributed by atoms with Crippen LogP contribution in [0.5, 0.6) is 0 Å². The summed E-state index contributed by atoms with van der Waals surface area (Å²) in [5.41, 5.74) is 0. The van der Waals surface area contributed by atoms with E-state index < -0.39 is 48.1 Å². The average molecular weight is 419 g/mol. The van der Waals surface area contributed by atoms with Crippen LogP contribution in [0.2, 0.25) is 0 Å². The fraction of sp³-hybridized carbons (Fsp3) is 0.875. The summed E-state index contributed by atoms with van der Waals surface area (Å²) in [6.45, 7) is 0. The van der Waals surface area contributed by atoms with Gasteiger partial charge in [-0.2, -0.15) is 74.6 Å². The molecule has 151 valence electrons. The van der Waals surface area contributed by atoms with Crippen LogP contribution in [0.15, 0.2) is 0 Å². The molecule has 0 saturated heterocycles. The molecule has 0 aromatic rings. The highest BCUT2D eigenvalue weighted by Crippen LogP contribution is 2.63. The van der Waals surface area contributed by atoms with Gasteiger partial charge in [-0.1, -0.05) is 0 Å². The third-order valence-electron chi connectivity index (χ3n) is 2.57. The molecule has 0 aliphatic rings. The van der Waals surface area contributed by atoms with E-state index in [0.29, 0.717) is 0 Å². The molecule has 0 unspecified atom stereocenters. The average Bonchev–Trinajstić information content (AvgIpc) is 2.35. The predicted molar refractivity (Wildman–Crippen MR) is 41.2 cm³/mol. The molecule has 25 heavy (non-hydrogen) atoms. The van der Waals surface area contributed by atoms with Crippen molar-refractivity contribution in [3.8, 4) is 0 Å². The zero-order valence-electron chi connectivity index (χ0n) is 10.4. The number of hydrogen-bond donors (Lipinski definition) is 0. The van der Waals surface area contributed by atoms with Crippen LogP contribution in [0.25, 0.3) is 0 Å². The molecule has 1 radical (unpaired) electrons. The van der Waals surface area contributed by atoms with Crippen LogP contribution in [0.4, 0.5) is 74.6 Å². The number of alkyl halides is 15. The topological polar surface area (TPSA) is 0 Å². The van der Waals surface area contributed by atoms with Crippen molar-refractivity contribution in [2.24, 2.45) is 0 Å². The van der Waals surface area contributed by atoms with Crippen molar-refractivity contribution in [2.45, 2.75) is 41.7 Å². The van der Waals surface area contributed by atoms with Crippen molar-refractivity contribution in [2.75, 3.05) is 0 Å². The van der Waals surface area contributed by atoms with E-state index in [1.54, 1.807) is 0 Å². The highest BCUT2D eigenvalue weighted by atomic mass is 19.4. The van der Waals surface area contributed by atoms with Gasteiger partial charge in [0.25, 0.3) is 0 Å². The maximum Gasteiger partial charge on any atom is 0.460 e. The number of rotatable bonds is 6. The van der Waals surface area contributed by atoms with Gasteiger partial charge in [0.2, 0.25) is 0 Å². The van der Waals surface area contributed by atoms with Crippen LogP contribution in [0.3, 0.4) is 0 Å². The van der Waals surface area contributed by atoms with Crippen molar-refractivity contribution < 1.29 is 74.6 Å². The molecule has 0 rings (SSSR count). The fourth-order valence-corrected chi connectivity index (χ4v) is 1.09. The van der Waals surface area contributed by atoms with Gasteiger partial charge in [-0.3, -0.25) is 0 Å². The second-order valence-corrected chi connectivity index (χ2v) is 4.20. The predicted octanol–water partition coefficient (Wildman–Crippen LogP) is 5.79. The largest absolute Gasteiger partial charge is 0.460 e. The summed E-state index contributed by atoms with van der Waals surface area (Å²) >= 11 is 0. The Morgan fingerprint density at radius 2 is 0.600 bits per heavy atom. The van der Waals surface area contributed by atoms with Crippen molar-refractivity contribution in [1.82, 2.24) is 0 Å². The van der Waals surface area contributed by atoms with E-state index in [1.807, 2.05) is 0 Å². The summed E-state index contributed by atoms with van der Waals surface area (Å²) in [6.07, 6.45) is -12.8. The zero-order valence-corrected chi connectivity index (χ0v) is 10.4. The molecule has 0 nitrogen and oxygen atoms in total. The van der Waals surface area contributed by atoms with E-state index in [2.05, 4.69) is 0 Å². The molecule has 0 bridgehead atoms. The summed E-state index contributed by atoms with van der Waals surface area (Å²) in [7, 11) is 0. The molecule has 0 aromatic heterocycles. The molecule has 0 saturated carbocycles. The Kier molecular flexibility index (Phi) is 5.38. The summed E-state index contributed by atoms with van der Waals surface area (Å²) in [5, 5.41) is 0. The van der Waals surface area contributed by atoms with E-state index in [9.17, 15) is 74.6 Å². The third-order valence-corrected chi connectivity index (χ3v) is 2.57. The molecule has 0 N–H and O–H groups in total. The Hall–Kier alpha value is -1.19. The van der Waals surface area contributed by atoms with Gasteiger partial charge >= 0.3 is 48.1 Å². The standard InChI is InChI=1S/C8F17/c9-1(10)2(11,12)3(13,14)4(15,16)5(17,18)6(19,20)7(21,22)8(23,24)25. The molecule has 0 aliphatic heterocycles. The summed E-state index contributed by atoms with van der Waals surface area (Å²) in [6, 6.07) is 0. The Morgan fingerprint density at radius 3 is 0.840 bits per heavy atom. The minimum absolute atomic E-state index is 5.03. The van der Waals surface area contributed by atoms with E-state index in [1.165, 1.54) is 0 Å². The van der Waals surface area contributed by atoms with Crippen LogP contribution in [0.1, 0.15) is 0 Å². The van der Waals surface area contributed by atoms with Crippen LogP contribution in [-0.2, 0) is 0 Å². The van der Waals surface area contributed by atoms with Gasteiger partial charge in [0.15, 0.2) is 0 Å². The molecule has 0 fully saturated rings. The van der Waals surface area contributed by atoms with Gasteiger partial charge < -0.3 is 0 Å². The van der Waals surface area contributed by atoms with Crippen molar-refractivity contribution in [3.05, 3.63) is 6.43 Å². The SMILES string of the molecule is F[C](F)C(F)(F)C(F)(F)C(F)(F)C(F)(F)C(F)(F)C(F)(F)C(F)(F)F. The molecule has 0 heterocycles. The van der Waals surface area contributed by atoms with Crippen molar-refractivity contribution in [3.63, 3.8) is 0 Å². The Labute approximate surface area is 124 Å². The van der Waals surface area contributed by atoms with Gasteiger partial charge in [0, 0.05) is 0 Å². The smallest absolute Gasteiger partial charge is 0.192 e. The van der Waals surface area contributed by atoms with Crippen LogP contribution in [-0.4, -0.2) is 41.7 Å². The van der Waals surface area contributed by atoms with Gasteiger partial charge in [-0.15, -0.1) is 0 Å². The molecule has 0 spiro atoms. The van der Waals surface area contributed by atoms with Gasteiger partial charge in [0.1, 0.15) is 0 Å². The molecule has 0 amide bonds. The lowest BCUT2D eigenvalue weighted by molar-refractivity contribution is -0.453. The highest BCUT2D eigenvalue weighted by molar-refractivity contribution is 5.15. The molecule has 0 aromatic carbocycles. The lowest BCUT2D eigenvalue weighted by Crippen LogP contribution is -2.72. The first-order chi connectivity index (χ1) is 10.4. The second-order valence-electron chi connectivity index (χ2n) is 4.20. The highest BCUT2D eigenvalue weighted by Gasteiger charge is 2.94. The van der Waals surface area contributed by atoms with E-state index in [4.69, 9.17) is 0 Å². The third kappa shape index (κ3) is 2.86. The van der Waals surface area contributed by atoms with Crippen molar-refractivity contribution in [1.29, 1.82) is 0 Å². The number of halogens is 17. The minimum atomic E-state index is -8.55. The summed E-state index contributed by atoms with van der Waals surface area (Å²) < 4.78 is 209. The van der Waals surface area contributed by atoms with Gasteiger partial charge in [-0.25, -0.2) is 0 Å². The lowest BCUT2D eigenvalue weighted by Gasteiger charge is -2.41. The van der Waals surface area contributed by atoms with E-state index in [0.717, 1.165) is 0 Å². The van der Waals surface area contributed by atoms with Crippen LogP contribution >= 0.6 is 0 Å².